The normalized spacial score (nSPS) is 21.8. The van der Waals surface area contributed by atoms with Crippen molar-refractivity contribution in [2.45, 2.75) is 25.2 Å². The Morgan fingerprint density at radius 1 is 1.04 bits per heavy atom. The molecule has 4 nitrogen and oxygen atoms in total. The van der Waals surface area contributed by atoms with Crippen LogP contribution in [0, 0.1) is 5.92 Å². The minimum absolute atomic E-state index is 0.0537. The molecule has 0 aliphatic carbocycles. The minimum Gasteiger partial charge on any atom is -0.342 e. The fraction of sp³-hybridized carbons (Fsp3) is 0.400. The topological polar surface area (TPSA) is 40.6 Å². The molecule has 2 aromatic rings. The third-order valence-electron chi connectivity index (χ3n) is 5.29. The first-order valence-corrected chi connectivity index (χ1v) is 9.78. The Kier molecular flexibility index (Phi) is 4.57. The molecule has 2 aliphatic rings. The van der Waals surface area contributed by atoms with Crippen molar-refractivity contribution in [1.82, 2.24) is 4.90 Å². The van der Waals surface area contributed by atoms with E-state index in [2.05, 4.69) is 17.5 Å². The van der Waals surface area contributed by atoms with Crippen molar-refractivity contribution >= 4 is 28.8 Å². The average Bonchev–Trinajstić information content (AvgIpc) is 3.32. The van der Waals surface area contributed by atoms with Crippen LogP contribution in [0.2, 0.25) is 0 Å². The molecule has 0 spiro atoms. The number of hydrogen-bond acceptors (Lipinski definition) is 3. The molecule has 5 heteroatoms. The van der Waals surface area contributed by atoms with Crippen LogP contribution >= 0.6 is 11.3 Å². The number of likely N-dealkylation sites (tertiary alicyclic amines) is 1. The lowest BCUT2D eigenvalue weighted by atomic mass is 9.94. The number of carbonyl (C=O) groups is 2. The van der Waals surface area contributed by atoms with Crippen molar-refractivity contribution in [2.75, 3.05) is 24.5 Å². The number of para-hydroxylation sites is 1. The van der Waals surface area contributed by atoms with Crippen molar-refractivity contribution in [1.29, 1.82) is 0 Å². The Labute approximate surface area is 152 Å². The van der Waals surface area contributed by atoms with Crippen LogP contribution < -0.4 is 4.90 Å². The van der Waals surface area contributed by atoms with E-state index < -0.39 is 0 Å². The summed E-state index contributed by atoms with van der Waals surface area (Å²) < 4.78 is 0. The molecule has 2 saturated heterocycles. The second-order valence-electron chi connectivity index (χ2n) is 6.86. The summed E-state index contributed by atoms with van der Waals surface area (Å²) in [6.07, 6.45) is 2.38. The van der Waals surface area contributed by atoms with E-state index >= 15 is 0 Å². The number of hydrogen-bond donors (Lipinski definition) is 0. The largest absolute Gasteiger partial charge is 0.342 e. The summed E-state index contributed by atoms with van der Waals surface area (Å²) in [6, 6.07) is 13.9. The van der Waals surface area contributed by atoms with E-state index in [0.717, 1.165) is 31.6 Å². The van der Waals surface area contributed by atoms with Gasteiger partial charge in [0.05, 0.1) is 5.92 Å². The fourth-order valence-corrected chi connectivity index (χ4v) is 4.80. The van der Waals surface area contributed by atoms with Crippen molar-refractivity contribution in [2.24, 2.45) is 5.92 Å². The van der Waals surface area contributed by atoms with Gasteiger partial charge in [-0.1, -0.05) is 24.3 Å². The zero-order valence-electron chi connectivity index (χ0n) is 14.1. The van der Waals surface area contributed by atoms with Gasteiger partial charge in [0, 0.05) is 36.6 Å². The first-order chi connectivity index (χ1) is 12.2. The number of amides is 2. The summed E-state index contributed by atoms with van der Waals surface area (Å²) in [5.74, 6) is 0.579. The summed E-state index contributed by atoms with van der Waals surface area (Å²) in [7, 11) is 0. The van der Waals surface area contributed by atoms with Gasteiger partial charge in [0.2, 0.25) is 11.8 Å². The Balaban J connectivity index is 1.37. The van der Waals surface area contributed by atoms with Gasteiger partial charge in [-0.2, -0.15) is 0 Å². The standard InChI is InChI=1S/C20H22N2O2S/c23-19-13-16(14-22(19)17-5-2-1-3-6-17)20(24)21-10-8-15(9-11-21)18-7-4-12-25-18/h1-7,12,15-16H,8-11,13-14H2. The van der Waals surface area contributed by atoms with Crippen LogP contribution in [0.15, 0.2) is 47.8 Å². The average molecular weight is 354 g/mol. The molecule has 2 fully saturated rings. The monoisotopic (exact) mass is 354 g/mol. The lowest BCUT2D eigenvalue weighted by Crippen LogP contribution is -2.42. The van der Waals surface area contributed by atoms with Gasteiger partial charge in [-0.05, 0) is 42.3 Å². The van der Waals surface area contributed by atoms with Crippen molar-refractivity contribution in [3.05, 3.63) is 52.7 Å². The van der Waals surface area contributed by atoms with Crippen molar-refractivity contribution in [3.8, 4) is 0 Å². The zero-order chi connectivity index (χ0) is 17.2. The molecule has 1 atom stereocenters. The summed E-state index contributed by atoms with van der Waals surface area (Å²) in [6.45, 7) is 2.11. The first-order valence-electron chi connectivity index (χ1n) is 8.90. The highest BCUT2D eigenvalue weighted by molar-refractivity contribution is 7.10. The number of anilines is 1. The van der Waals surface area contributed by atoms with Crippen LogP contribution in [0.3, 0.4) is 0 Å². The number of carbonyl (C=O) groups excluding carboxylic acids is 2. The van der Waals surface area contributed by atoms with Gasteiger partial charge in [0.1, 0.15) is 0 Å². The van der Waals surface area contributed by atoms with Gasteiger partial charge in [0.25, 0.3) is 0 Å². The molecule has 0 radical (unpaired) electrons. The van der Waals surface area contributed by atoms with Crippen LogP contribution in [0.25, 0.3) is 0 Å². The van der Waals surface area contributed by atoms with Crippen LogP contribution in [0.5, 0.6) is 0 Å². The molecule has 1 aromatic heterocycles. The molecule has 0 bridgehead atoms. The van der Waals surface area contributed by atoms with E-state index in [0.29, 0.717) is 18.9 Å². The lowest BCUT2D eigenvalue weighted by Gasteiger charge is -2.33. The van der Waals surface area contributed by atoms with E-state index in [1.165, 1.54) is 4.88 Å². The van der Waals surface area contributed by atoms with E-state index in [1.54, 1.807) is 4.90 Å². The third-order valence-corrected chi connectivity index (χ3v) is 6.33. The Morgan fingerprint density at radius 3 is 2.48 bits per heavy atom. The Morgan fingerprint density at radius 2 is 1.80 bits per heavy atom. The molecular weight excluding hydrogens is 332 g/mol. The van der Waals surface area contributed by atoms with Gasteiger partial charge in [-0.3, -0.25) is 9.59 Å². The maximum atomic E-state index is 12.9. The van der Waals surface area contributed by atoms with Crippen molar-refractivity contribution in [3.63, 3.8) is 0 Å². The fourth-order valence-electron chi connectivity index (χ4n) is 3.90. The van der Waals surface area contributed by atoms with Gasteiger partial charge < -0.3 is 9.80 Å². The maximum Gasteiger partial charge on any atom is 0.228 e. The highest BCUT2D eigenvalue weighted by Gasteiger charge is 2.38. The predicted molar refractivity (Wildman–Crippen MR) is 99.8 cm³/mol. The van der Waals surface area contributed by atoms with Crippen LogP contribution in [-0.2, 0) is 9.59 Å². The second-order valence-corrected chi connectivity index (χ2v) is 7.84. The molecule has 4 rings (SSSR count). The smallest absolute Gasteiger partial charge is 0.228 e. The third kappa shape index (κ3) is 3.33. The number of thiophene rings is 1. The highest BCUT2D eigenvalue weighted by atomic mass is 32.1. The minimum atomic E-state index is -0.203. The Hall–Kier alpha value is -2.14. The van der Waals surface area contributed by atoms with Gasteiger partial charge >= 0.3 is 0 Å². The Bertz CT molecular complexity index is 736. The molecule has 1 unspecified atom stereocenters. The van der Waals surface area contributed by atoms with Crippen LogP contribution in [0.4, 0.5) is 5.69 Å². The number of benzene rings is 1. The number of piperidine rings is 1. The quantitative estimate of drug-likeness (QED) is 0.846. The highest BCUT2D eigenvalue weighted by Crippen LogP contribution is 2.32. The summed E-state index contributed by atoms with van der Waals surface area (Å²) in [5, 5.41) is 2.12. The molecule has 130 valence electrons. The van der Waals surface area contributed by atoms with Crippen LogP contribution in [0.1, 0.15) is 30.1 Å². The maximum absolute atomic E-state index is 12.9. The SMILES string of the molecule is O=C(C1CC(=O)N(c2ccccc2)C1)N1CCC(c2cccs2)CC1. The van der Waals surface area contributed by atoms with Crippen molar-refractivity contribution < 1.29 is 9.59 Å². The predicted octanol–water partition coefficient (Wildman–Crippen LogP) is 3.51. The van der Waals surface area contributed by atoms with E-state index in [1.807, 2.05) is 46.6 Å². The molecule has 2 amide bonds. The molecule has 0 N–H and O–H groups in total. The zero-order valence-corrected chi connectivity index (χ0v) is 15.0. The second kappa shape index (κ2) is 7.00. The first kappa shape index (κ1) is 16.3. The molecule has 25 heavy (non-hydrogen) atoms. The van der Waals surface area contributed by atoms with E-state index in [-0.39, 0.29) is 17.7 Å². The van der Waals surface area contributed by atoms with Gasteiger partial charge in [-0.15, -0.1) is 11.3 Å². The number of rotatable bonds is 3. The van der Waals surface area contributed by atoms with Crippen LogP contribution in [-0.4, -0.2) is 36.3 Å². The summed E-state index contributed by atoms with van der Waals surface area (Å²) in [4.78, 5) is 30.4. The summed E-state index contributed by atoms with van der Waals surface area (Å²) in [5.41, 5.74) is 0.888. The van der Waals surface area contributed by atoms with Gasteiger partial charge in [0.15, 0.2) is 0 Å². The molecule has 1 aromatic carbocycles. The number of nitrogens with zero attached hydrogens (tertiary/aromatic N) is 2. The molecule has 3 heterocycles. The van der Waals surface area contributed by atoms with Gasteiger partial charge in [-0.25, -0.2) is 0 Å². The lowest BCUT2D eigenvalue weighted by molar-refractivity contribution is -0.136. The molecular formula is C20H22N2O2S. The van der Waals surface area contributed by atoms with E-state index in [9.17, 15) is 9.59 Å². The molecule has 0 saturated carbocycles. The molecule has 2 aliphatic heterocycles. The summed E-state index contributed by atoms with van der Waals surface area (Å²) >= 11 is 1.81. The van der Waals surface area contributed by atoms with E-state index in [4.69, 9.17) is 0 Å².